The van der Waals surface area contributed by atoms with Crippen LogP contribution in [0.4, 0.5) is 0 Å². The summed E-state index contributed by atoms with van der Waals surface area (Å²) in [6.45, 7) is 0. The maximum absolute atomic E-state index is 5.30. The highest BCUT2D eigenvalue weighted by atomic mass is 16.5. The highest BCUT2D eigenvalue weighted by Gasteiger charge is 2.09. The van der Waals surface area contributed by atoms with Gasteiger partial charge in [0.15, 0.2) is 11.5 Å². The van der Waals surface area contributed by atoms with Crippen LogP contribution >= 0.6 is 0 Å². The van der Waals surface area contributed by atoms with Crippen LogP contribution in [0.15, 0.2) is 48.7 Å². The Labute approximate surface area is 111 Å². The standard InChI is InChI=1S/C15H14N2O2/c1-18-14-8-11-10-17(12-6-4-3-5-7-12)16-13(11)9-15(14)19-2/h3-10H,1-2H3. The molecule has 0 saturated carbocycles. The first-order valence-corrected chi connectivity index (χ1v) is 5.98. The molecule has 0 bridgehead atoms. The van der Waals surface area contributed by atoms with Gasteiger partial charge in [0.25, 0.3) is 0 Å². The number of hydrogen-bond acceptors (Lipinski definition) is 3. The van der Waals surface area contributed by atoms with Crippen LogP contribution in [-0.4, -0.2) is 24.0 Å². The van der Waals surface area contributed by atoms with E-state index in [9.17, 15) is 0 Å². The van der Waals surface area contributed by atoms with Crippen molar-refractivity contribution in [3.8, 4) is 17.2 Å². The maximum atomic E-state index is 5.30. The molecule has 4 nitrogen and oxygen atoms in total. The van der Waals surface area contributed by atoms with Gasteiger partial charge in [0, 0.05) is 17.6 Å². The van der Waals surface area contributed by atoms with E-state index in [0.29, 0.717) is 11.5 Å². The van der Waals surface area contributed by atoms with Crippen molar-refractivity contribution >= 4 is 10.9 Å². The summed E-state index contributed by atoms with van der Waals surface area (Å²) in [6.07, 6.45) is 1.98. The highest BCUT2D eigenvalue weighted by Crippen LogP contribution is 2.31. The van der Waals surface area contributed by atoms with E-state index >= 15 is 0 Å². The van der Waals surface area contributed by atoms with Crippen molar-refractivity contribution in [3.05, 3.63) is 48.7 Å². The molecule has 3 aromatic rings. The molecule has 0 N–H and O–H groups in total. The van der Waals surface area contributed by atoms with Crippen LogP contribution in [0.2, 0.25) is 0 Å². The van der Waals surface area contributed by atoms with Crippen molar-refractivity contribution in [1.82, 2.24) is 9.78 Å². The Morgan fingerprint density at radius 1 is 0.947 bits per heavy atom. The SMILES string of the molecule is COc1cc2cn(-c3ccccc3)nc2cc1OC. The van der Waals surface area contributed by atoms with Crippen molar-refractivity contribution in [1.29, 1.82) is 0 Å². The zero-order chi connectivity index (χ0) is 13.2. The van der Waals surface area contributed by atoms with Crippen molar-refractivity contribution in [3.63, 3.8) is 0 Å². The fraction of sp³-hybridized carbons (Fsp3) is 0.133. The second-order valence-electron chi connectivity index (χ2n) is 4.18. The van der Waals surface area contributed by atoms with Gasteiger partial charge in [0.05, 0.1) is 25.4 Å². The van der Waals surface area contributed by atoms with Crippen LogP contribution in [0.1, 0.15) is 0 Å². The monoisotopic (exact) mass is 254 g/mol. The van der Waals surface area contributed by atoms with Gasteiger partial charge in [-0.2, -0.15) is 5.10 Å². The molecular weight excluding hydrogens is 240 g/mol. The lowest BCUT2D eigenvalue weighted by molar-refractivity contribution is 0.356. The lowest BCUT2D eigenvalue weighted by Crippen LogP contribution is -1.92. The average Bonchev–Trinajstić information content (AvgIpc) is 2.89. The maximum Gasteiger partial charge on any atom is 0.162 e. The molecule has 0 amide bonds. The number of rotatable bonds is 3. The third kappa shape index (κ3) is 2.01. The number of benzene rings is 2. The van der Waals surface area contributed by atoms with Gasteiger partial charge >= 0.3 is 0 Å². The van der Waals surface area contributed by atoms with Gasteiger partial charge < -0.3 is 9.47 Å². The minimum absolute atomic E-state index is 0.688. The molecule has 0 aliphatic heterocycles. The minimum atomic E-state index is 0.688. The van der Waals surface area contributed by atoms with Crippen LogP contribution in [0.5, 0.6) is 11.5 Å². The van der Waals surface area contributed by atoms with E-state index in [4.69, 9.17) is 9.47 Å². The summed E-state index contributed by atoms with van der Waals surface area (Å²) in [5.74, 6) is 1.40. The molecule has 0 aliphatic rings. The zero-order valence-corrected chi connectivity index (χ0v) is 10.8. The fourth-order valence-electron chi connectivity index (χ4n) is 2.06. The van der Waals surface area contributed by atoms with Crippen molar-refractivity contribution in [2.45, 2.75) is 0 Å². The van der Waals surface area contributed by atoms with Gasteiger partial charge in [0.2, 0.25) is 0 Å². The quantitative estimate of drug-likeness (QED) is 0.720. The number of aromatic nitrogens is 2. The van der Waals surface area contributed by atoms with E-state index < -0.39 is 0 Å². The first-order chi connectivity index (χ1) is 9.31. The van der Waals surface area contributed by atoms with Gasteiger partial charge in [-0.25, -0.2) is 4.68 Å². The summed E-state index contributed by atoms with van der Waals surface area (Å²) in [7, 11) is 3.25. The number of hydrogen-bond donors (Lipinski definition) is 0. The molecule has 96 valence electrons. The van der Waals surface area contributed by atoms with E-state index in [1.165, 1.54) is 0 Å². The number of nitrogens with zero attached hydrogens (tertiary/aromatic N) is 2. The Kier molecular flexibility index (Phi) is 2.83. The van der Waals surface area contributed by atoms with Crippen LogP contribution in [0, 0.1) is 0 Å². The van der Waals surface area contributed by atoms with E-state index in [1.807, 2.05) is 53.3 Å². The molecule has 3 rings (SSSR count). The van der Waals surface area contributed by atoms with Gasteiger partial charge in [-0.05, 0) is 18.2 Å². The smallest absolute Gasteiger partial charge is 0.162 e. The molecule has 0 aliphatic carbocycles. The molecule has 0 fully saturated rings. The molecular formula is C15H14N2O2. The average molecular weight is 254 g/mol. The Hall–Kier alpha value is -2.49. The molecule has 4 heteroatoms. The highest BCUT2D eigenvalue weighted by molar-refractivity contribution is 5.82. The molecule has 0 atom stereocenters. The first-order valence-electron chi connectivity index (χ1n) is 5.98. The van der Waals surface area contributed by atoms with Gasteiger partial charge in [-0.3, -0.25) is 0 Å². The topological polar surface area (TPSA) is 36.3 Å². The molecule has 0 unspecified atom stereocenters. The van der Waals surface area contributed by atoms with Gasteiger partial charge in [-0.1, -0.05) is 18.2 Å². The normalized spacial score (nSPS) is 10.6. The lowest BCUT2D eigenvalue weighted by Gasteiger charge is -2.05. The second kappa shape index (κ2) is 4.65. The molecule has 1 aromatic heterocycles. The lowest BCUT2D eigenvalue weighted by atomic mass is 10.2. The van der Waals surface area contributed by atoms with Gasteiger partial charge in [0.1, 0.15) is 0 Å². The number of methoxy groups -OCH3 is 2. The van der Waals surface area contributed by atoms with Crippen molar-refractivity contribution in [2.24, 2.45) is 0 Å². The van der Waals surface area contributed by atoms with Crippen LogP contribution in [0.25, 0.3) is 16.6 Å². The third-order valence-electron chi connectivity index (χ3n) is 3.03. The summed E-state index contributed by atoms with van der Waals surface area (Å²) in [5.41, 5.74) is 1.90. The Morgan fingerprint density at radius 2 is 1.63 bits per heavy atom. The summed E-state index contributed by atoms with van der Waals surface area (Å²) in [5, 5.41) is 5.56. The number of ether oxygens (including phenoxy) is 2. The molecule has 1 heterocycles. The predicted octanol–water partition coefficient (Wildman–Crippen LogP) is 3.04. The molecule has 0 spiro atoms. The summed E-state index contributed by atoms with van der Waals surface area (Å²) in [4.78, 5) is 0. The zero-order valence-electron chi connectivity index (χ0n) is 10.8. The Morgan fingerprint density at radius 3 is 2.32 bits per heavy atom. The fourth-order valence-corrected chi connectivity index (χ4v) is 2.06. The first kappa shape index (κ1) is 11.6. The Bertz CT molecular complexity index is 664. The minimum Gasteiger partial charge on any atom is -0.493 e. The van der Waals surface area contributed by atoms with Gasteiger partial charge in [-0.15, -0.1) is 0 Å². The second-order valence-corrected chi connectivity index (χ2v) is 4.18. The number of fused-ring (bicyclic) bond motifs is 1. The Balaban J connectivity index is 2.16. The van der Waals surface area contributed by atoms with Crippen LogP contribution in [-0.2, 0) is 0 Å². The van der Waals surface area contributed by atoms with E-state index in [2.05, 4.69) is 5.10 Å². The van der Waals surface area contributed by atoms with Crippen molar-refractivity contribution in [2.75, 3.05) is 14.2 Å². The molecule has 19 heavy (non-hydrogen) atoms. The van der Waals surface area contributed by atoms with E-state index in [1.54, 1.807) is 14.2 Å². The van der Waals surface area contributed by atoms with E-state index in [-0.39, 0.29) is 0 Å². The largest absolute Gasteiger partial charge is 0.493 e. The predicted molar refractivity (Wildman–Crippen MR) is 74.2 cm³/mol. The van der Waals surface area contributed by atoms with E-state index in [0.717, 1.165) is 16.6 Å². The number of para-hydroxylation sites is 1. The summed E-state index contributed by atoms with van der Waals surface area (Å²) >= 11 is 0. The summed E-state index contributed by atoms with van der Waals surface area (Å²) < 4.78 is 12.4. The van der Waals surface area contributed by atoms with Crippen LogP contribution < -0.4 is 9.47 Å². The van der Waals surface area contributed by atoms with Crippen molar-refractivity contribution < 1.29 is 9.47 Å². The molecule has 2 aromatic carbocycles. The third-order valence-corrected chi connectivity index (χ3v) is 3.03. The summed E-state index contributed by atoms with van der Waals surface area (Å²) in [6, 6.07) is 13.8. The molecule has 0 saturated heterocycles. The molecule has 0 radical (unpaired) electrons. The van der Waals surface area contributed by atoms with Crippen LogP contribution in [0.3, 0.4) is 0 Å².